The molecule has 3 N–H and O–H groups in total. The number of hydrogen-bond donors (Lipinski definition) is 2. The largest absolute Gasteiger partial charge is 0.508 e. The van der Waals surface area contributed by atoms with Crippen LogP contribution in [0.15, 0.2) is 65.0 Å². The second-order valence-electron chi connectivity index (χ2n) is 8.23. The molecule has 0 saturated heterocycles. The Balaban J connectivity index is 1.61. The van der Waals surface area contributed by atoms with Gasteiger partial charge in [0.05, 0.1) is 16.5 Å². The lowest BCUT2D eigenvalue weighted by molar-refractivity contribution is 0.475. The second kappa shape index (κ2) is 8.24. The van der Waals surface area contributed by atoms with Gasteiger partial charge in [0, 0.05) is 5.56 Å². The number of rotatable bonds is 4. The normalized spacial score (nSPS) is 11.5. The maximum Gasteiger partial charge on any atom is 0.267 e. The summed E-state index contributed by atoms with van der Waals surface area (Å²) in [7, 11) is 0. The summed E-state index contributed by atoms with van der Waals surface area (Å²) in [5.41, 5.74) is 8.20. The molecule has 6 aromatic rings. The van der Waals surface area contributed by atoms with Crippen molar-refractivity contribution < 1.29 is 9.50 Å². The van der Waals surface area contributed by atoms with Gasteiger partial charge in [0.25, 0.3) is 5.56 Å². The van der Waals surface area contributed by atoms with Crippen molar-refractivity contribution >= 4 is 38.4 Å². The molecule has 0 radical (unpaired) electrons. The highest BCUT2D eigenvalue weighted by Crippen LogP contribution is 2.32. The summed E-state index contributed by atoms with van der Waals surface area (Å²) < 4.78 is 17.7. The first-order valence-corrected chi connectivity index (χ1v) is 11.8. The molecule has 36 heavy (non-hydrogen) atoms. The van der Waals surface area contributed by atoms with E-state index in [9.17, 15) is 14.3 Å². The Kier molecular flexibility index (Phi) is 5.00. The molecule has 4 heterocycles. The molecule has 0 amide bonds. The molecule has 0 aliphatic heterocycles. The van der Waals surface area contributed by atoms with Crippen LogP contribution >= 0.6 is 11.3 Å². The van der Waals surface area contributed by atoms with Gasteiger partial charge in [-0.3, -0.25) is 9.36 Å². The molecule has 9 nitrogen and oxygen atoms in total. The van der Waals surface area contributed by atoms with Gasteiger partial charge in [-0.25, -0.2) is 24.0 Å². The lowest BCUT2D eigenvalue weighted by atomic mass is 10.1. The number of nitrogens with two attached hydrogens (primary N) is 1. The van der Waals surface area contributed by atoms with Crippen LogP contribution in [0.3, 0.4) is 0 Å². The fraction of sp³-hybridized carbons (Fsp3) is 0.0800. The van der Waals surface area contributed by atoms with Crippen LogP contribution in [0.4, 0.5) is 10.2 Å². The molecule has 4 aromatic heterocycles. The number of aromatic nitrogens is 6. The van der Waals surface area contributed by atoms with E-state index in [4.69, 9.17) is 15.8 Å². The SMILES string of the molecule is Cc1csc2nc(Cn3nc(-c4cccc(O)c4)c4c(N)ncnc43)n(-c3ccccc3F)c(=O)c12. The number of fused-ring (bicyclic) bond motifs is 2. The van der Waals surface area contributed by atoms with Crippen LogP contribution in [0.25, 0.3) is 38.2 Å². The summed E-state index contributed by atoms with van der Waals surface area (Å²) in [5, 5.41) is 17.5. The monoisotopic (exact) mass is 499 g/mol. The number of nitrogen functional groups attached to an aromatic ring is 1. The van der Waals surface area contributed by atoms with Gasteiger partial charge in [-0.2, -0.15) is 5.10 Å². The lowest BCUT2D eigenvalue weighted by Gasteiger charge is -2.14. The Hall–Kier alpha value is -4.64. The average molecular weight is 500 g/mol. The molecule has 0 fully saturated rings. The predicted molar refractivity (Wildman–Crippen MR) is 136 cm³/mol. The van der Waals surface area contributed by atoms with E-state index in [0.29, 0.717) is 32.5 Å². The van der Waals surface area contributed by atoms with E-state index in [2.05, 4.69) is 9.97 Å². The van der Waals surface area contributed by atoms with E-state index in [1.165, 1.54) is 34.4 Å². The Morgan fingerprint density at radius 1 is 1.11 bits per heavy atom. The molecule has 2 aromatic carbocycles. The molecule has 0 atom stereocenters. The summed E-state index contributed by atoms with van der Waals surface area (Å²) in [5.74, 6) is 0.0169. The number of aryl methyl sites for hydroxylation is 1. The van der Waals surface area contributed by atoms with Crippen LogP contribution in [0.5, 0.6) is 5.75 Å². The van der Waals surface area contributed by atoms with E-state index in [0.717, 1.165) is 5.56 Å². The fourth-order valence-corrected chi connectivity index (χ4v) is 5.22. The van der Waals surface area contributed by atoms with Gasteiger partial charge in [0.15, 0.2) is 5.65 Å². The Morgan fingerprint density at radius 2 is 1.94 bits per heavy atom. The number of thiophene rings is 1. The van der Waals surface area contributed by atoms with Gasteiger partial charge in [0.2, 0.25) is 0 Å². The Morgan fingerprint density at radius 3 is 2.75 bits per heavy atom. The number of phenolic OH excluding ortho intramolecular Hbond substituents is 1. The molecule has 0 aliphatic carbocycles. The number of para-hydroxylation sites is 1. The molecule has 0 bridgehead atoms. The number of phenols is 1. The highest BCUT2D eigenvalue weighted by molar-refractivity contribution is 7.16. The van der Waals surface area contributed by atoms with Crippen LogP contribution in [0.2, 0.25) is 0 Å². The minimum Gasteiger partial charge on any atom is -0.508 e. The predicted octanol–water partition coefficient (Wildman–Crippen LogP) is 4.04. The number of anilines is 1. The molecule has 0 spiro atoms. The van der Waals surface area contributed by atoms with Crippen LogP contribution in [-0.2, 0) is 6.54 Å². The first-order chi connectivity index (χ1) is 17.4. The van der Waals surface area contributed by atoms with Crippen LogP contribution in [-0.4, -0.2) is 34.4 Å². The van der Waals surface area contributed by atoms with Crippen molar-refractivity contribution in [2.45, 2.75) is 13.5 Å². The van der Waals surface area contributed by atoms with Crippen LogP contribution < -0.4 is 11.3 Å². The Bertz CT molecular complexity index is 1860. The third-order valence-corrected chi connectivity index (χ3v) is 6.91. The van der Waals surface area contributed by atoms with Crippen molar-refractivity contribution in [3.8, 4) is 22.7 Å². The molecule has 11 heteroatoms. The maximum absolute atomic E-state index is 14.9. The molecule has 0 saturated carbocycles. The van der Waals surface area contributed by atoms with Crippen molar-refractivity contribution in [1.29, 1.82) is 0 Å². The fourth-order valence-electron chi connectivity index (χ4n) is 4.29. The highest BCUT2D eigenvalue weighted by Gasteiger charge is 2.22. The average Bonchev–Trinajstić information content (AvgIpc) is 3.42. The molecule has 6 rings (SSSR count). The quantitative estimate of drug-likeness (QED) is 0.375. The standard InChI is InChI=1S/C25H18FN7O2S/c1-13-11-36-24-19(13)25(35)33(17-8-3-2-7-16(17)26)18(30-24)10-32-23-20(22(27)28-12-29-23)21(31-32)14-5-4-6-15(34)9-14/h2-9,11-12,34H,10H2,1H3,(H2,27,28,29). The van der Waals surface area contributed by atoms with Crippen molar-refractivity contribution in [3.05, 3.63) is 87.8 Å². The summed E-state index contributed by atoms with van der Waals surface area (Å²) in [6.45, 7) is 1.83. The van der Waals surface area contributed by atoms with Crippen LogP contribution in [0.1, 0.15) is 11.4 Å². The second-order valence-corrected chi connectivity index (χ2v) is 9.09. The Labute approximate surface area is 206 Å². The zero-order valence-corrected chi connectivity index (χ0v) is 19.7. The van der Waals surface area contributed by atoms with E-state index in [1.807, 2.05) is 12.3 Å². The number of benzene rings is 2. The number of halogens is 1. The molecular formula is C25H18FN7O2S. The lowest BCUT2D eigenvalue weighted by Crippen LogP contribution is -2.26. The highest BCUT2D eigenvalue weighted by atomic mass is 32.1. The van der Waals surface area contributed by atoms with Gasteiger partial charge in [0.1, 0.15) is 46.6 Å². The zero-order chi connectivity index (χ0) is 25.0. The summed E-state index contributed by atoms with van der Waals surface area (Å²) in [6, 6.07) is 12.7. The topological polar surface area (TPSA) is 125 Å². The van der Waals surface area contributed by atoms with E-state index < -0.39 is 5.82 Å². The first-order valence-electron chi connectivity index (χ1n) is 10.9. The molecule has 0 unspecified atom stereocenters. The smallest absolute Gasteiger partial charge is 0.267 e. The molecule has 0 aliphatic rings. The third kappa shape index (κ3) is 3.40. The van der Waals surface area contributed by atoms with Crippen molar-refractivity contribution in [3.63, 3.8) is 0 Å². The molecule has 178 valence electrons. The van der Waals surface area contributed by atoms with E-state index >= 15 is 0 Å². The van der Waals surface area contributed by atoms with Crippen LogP contribution in [0, 0.1) is 12.7 Å². The van der Waals surface area contributed by atoms with Gasteiger partial charge in [-0.1, -0.05) is 24.3 Å². The molecular weight excluding hydrogens is 481 g/mol. The summed E-state index contributed by atoms with van der Waals surface area (Å²) in [4.78, 5) is 27.4. The van der Waals surface area contributed by atoms with Crippen molar-refractivity contribution in [1.82, 2.24) is 29.3 Å². The van der Waals surface area contributed by atoms with E-state index in [-0.39, 0.29) is 35.2 Å². The summed E-state index contributed by atoms with van der Waals surface area (Å²) >= 11 is 1.35. The maximum atomic E-state index is 14.9. The van der Waals surface area contributed by atoms with Gasteiger partial charge in [-0.05, 0) is 42.1 Å². The van der Waals surface area contributed by atoms with Gasteiger partial charge < -0.3 is 10.8 Å². The van der Waals surface area contributed by atoms with Crippen molar-refractivity contribution in [2.24, 2.45) is 0 Å². The number of aromatic hydroxyl groups is 1. The summed E-state index contributed by atoms with van der Waals surface area (Å²) in [6.07, 6.45) is 1.32. The minimum absolute atomic E-state index is 0.00221. The van der Waals surface area contributed by atoms with Crippen molar-refractivity contribution in [2.75, 3.05) is 5.73 Å². The number of nitrogens with zero attached hydrogens (tertiary/aromatic N) is 6. The van der Waals surface area contributed by atoms with E-state index in [1.54, 1.807) is 41.1 Å². The number of hydrogen-bond acceptors (Lipinski definition) is 8. The zero-order valence-electron chi connectivity index (χ0n) is 18.9. The first kappa shape index (κ1) is 21.9. The van der Waals surface area contributed by atoms with Gasteiger partial charge in [-0.15, -0.1) is 11.3 Å². The van der Waals surface area contributed by atoms with Gasteiger partial charge >= 0.3 is 0 Å². The third-order valence-electron chi connectivity index (χ3n) is 5.92. The minimum atomic E-state index is -0.549.